The molecule has 0 aliphatic rings. The molecule has 0 bridgehead atoms. The second-order valence-corrected chi connectivity index (χ2v) is 6.68. The third-order valence-corrected chi connectivity index (χ3v) is 4.28. The SMILES string of the molecule is Cc1cc(C)c(C(=O)Nc2ccc3c(c2)nc(C(C)C)n3C)c(=O)[nH]1. The Labute approximate surface area is 145 Å². The van der Waals surface area contributed by atoms with Crippen LogP contribution in [0.25, 0.3) is 11.0 Å². The molecular weight excluding hydrogens is 316 g/mol. The number of aromatic nitrogens is 3. The van der Waals surface area contributed by atoms with Crippen molar-refractivity contribution in [3.05, 3.63) is 57.3 Å². The van der Waals surface area contributed by atoms with Gasteiger partial charge in [-0.1, -0.05) is 13.8 Å². The number of aryl methyl sites for hydroxylation is 3. The number of hydrogen-bond acceptors (Lipinski definition) is 3. The van der Waals surface area contributed by atoms with Crippen molar-refractivity contribution in [2.75, 3.05) is 5.32 Å². The van der Waals surface area contributed by atoms with E-state index in [4.69, 9.17) is 0 Å². The number of nitrogens with zero attached hydrogens (tertiary/aromatic N) is 2. The second-order valence-electron chi connectivity index (χ2n) is 6.68. The van der Waals surface area contributed by atoms with Gasteiger partial charge in [-0.25, -0.2) is 4.98 Å². The lowest BCUT2D eigenvalue weighted by molar-refractivity contribution is 0.102. The van der Waals surface area contributed by atoms with E-state index in [9.17, 15) is 9.59 Å². The van der Waals surface area contributed by atoms with Gasteiger partial charge in [-0.05, 0) is 43.7 Å². The molecule has 2 aromatic heterocycles. The van der Waals surface area contributed by atoms with Crippen LogP contribution in [0.4, 0.5) is 5.69 Å². The Morgan fingerprint density at radius 2 is 1.96 bits per heavy atom. The molecule has 0 aliphatic heterocycles. The van der Waals surface area contributed by atoms with Crippen molar-refractivity contribution in [3.63, 3.8) is 0 Å². The number of rotatable bonds is 3. The lowest BCUT2D eigenvalue weighted by Crippen LogP contribution is -2.25. The summed E-state index contributed by atoms with van der Waals surface area (Å²) in [4.78, 5) is 31.9. The van der Waals surface area contributed by atoms with Crippen LogP contribution in [0.5, 0.6) is 0 Å². The average molecular weight is 338 g/mol. The first-order valence-electron chi connectivity index (χ1n) is 8.26. The van der Waals surface area contributed by atoms with E-state index in [1.165, 1.54) is 0 Å². The van der Waals surface area contributed by atoms with Gasteiger partial charge in [0.25, 0.3) is 11.5 Å². The lowest BCUT2D eigenvalue weighted by atomic mass is 10.1. The third kappa shape index (κ3) is 3.07. The summed E-state index contributed by atoms with van der Waals surface area (Å²) in [5, 5.41) is 2.80. The van der Waals surface area contributed by atoms with Crippen LogP contribution in [0.15, 0.2) is 29.1 Å². The zero-order valence-electron chi connectivity index (χ0n) is 15.1. The van der Waals surface area contributed by atoms with E-state index in [0.717, 1.165) is 22.6 Å². The Hall–Kier alpha value is -2.89. The van der Waals surface area contributed by atoms with Crippen molar-refractivity contribution in [2.24, 2.45) is 7.05 Å². The van der Waals surface area contributed by atoms with Crippen LogP contribution < -0.4 is 10.9 Å². The van der Waals surface area contributed by atoms with E-state index < -0.39 is 5.91 Å². The van der Waals surface area contributed by atoms with Gasteiger partial charge in [-0.2, -0.15) is 0 Å². The van der Waals surface area contributed by atoms with Crippen molar-refractivity contribution in [2.45, 2.75) is 33.6 Å². The first-order valence-corrected chi connectivity index (χ1v) is 8.26. The molecule has 0 fully saturated rings. The van der Waals surface area contributed by atoms with Gasteiger partial charge in [-0.3, -0.25) is 9.59 Å². The summed E-state index contributed by atoms with van der Waals surface area (Å²) in [5.41, 5.74) is 3.58. The highest BCUT2D eigenvalue weighted by atomic mass is 16.2. The Morgan fingerprint density at radius 1 is 1.24 bits per heavy atom. The first kappa shape index (κ1) is 17.0. The Bertz CT molecular complexity index is 1030. The molecule has 0 spiro atoms. The molecule has 3 aromatic rings. The number of aromatic amines is 1. The van der Waals surface area contributed by atoms with Crippen molar-refractivity contribution in [1.82, 2.24) is 14.5 Å². The van der Waals surface area contributed by atoms with E-state index in [1.54, 1.807) is 19.9 Å². The van der Waals surface area contributed by atoms with Crippen LogP contribution in [0.1, 0.15) is 47.2 Å². The zero-order chi connectivity index (χ0) is 18.3. The molecule has 1 amide bonds. The normalized spacial score (nSPS) is 11.3. The third-order valence-electron chi connectivity index (χ3n) is 4.28. The van der Waals surface area contributed by atoms with Gasteiger partial charge in [0, 0.05) is 24.3 Å². The number of carbonyl (C=O) groups is 1. The number of amides is 1. The highest BCUT2D eigenvalue weighted by molar-refractivity contribution is 6.05. The van der Waals surface area contributed by atoms with Crippen LogP contribution in [0.3, 0.4) is 0 Å². The summed E-state index contributed by atoms with van der Waals surface area (Å²) in [7, 11) is 1.98. The highest BCUT2D eigenvalue weighted by Crippen LogP contribution is 2.23. The summed E-state index contributed by atoms with van der Waals surface area (Å²) in [6.07, 6.45) is 0. The molecule has 130 valence electrons. The maximum atomic E-state index is 12.5. The minimum atomic E-state index is -0.418. The van der Waals surface area contributed by atoms with Crippen molar-refractivity contribution in [1.29, 1.82) is 0 Å². The van der Waals surface area contributed by atoms with Gasteiger partial charge in [0.1, 0.15) is 11.4 Å². The predicted molar refractivity (Wildman–Crippen MR) is 99.3 cm³/mol. The number of benzene rings is 1. The van der Waals surface area contributed by atoms with Crippen molar-refractivity contribution in [3.8, 4) is 0 Å². The topological polar surface area (TPSA) is 79.8 Å². The monoisotopic (exact) mass is 338 g/mol. The summed E-state index contributed by atoms with van der Waals surface area (Å²) in [6.45, 7) is 7.73. The average Bonchev–Trinajstić information content (AvgIpc) is 2.83. The van der Waals surface area contributed by atoms with Gasteiger partial charge in [0.2, 0.25) is 0 Å². The molecular formula is C19H22N4O2. The van der Waals surface area contributed by atoms with Crippen LogP contribution in [-0.4, -0.2) is 20.4 Å². The molecule has 6 heteroatoms. The van der Waals surface area contributed by atoms with Gasteiger partial charge in [0.15, 0.2) is 0 Å². The standard InChI is InChI=1S/C19H22N4O2/c1-10(2)17-22-14-9-13(6-7-15(14)23(17)5)21-19(25)16-11(3)8-12(4)20-18(16)24/h6-10H,1-5H3,(H,20,24)(H,21,25). The fourth-order valence-corrected chi connectivity index (χ4v) is 3.14. The number of hydrogen-bond donors (Lipinski definition) is 2. The highest BCUT2D eigenvalue weighted by Gasteiger charge is 2.16. The van der Waals surface area contributed by atoms with Crippen LogP contribution in [-0.2, 0) is 7.05 Å². The number of anilines is 1. The molecule has 3 rings (SSSR count). The van der Waals surface area contributed by atoms with Gasteiger partial charge in [-0.15, -0.1) is 0 Å². The second kappa shape index (κ2) is 6.20. The van der Waals surface area contributed by atoms with Crippen molar-refractivity contribution >= 4 is 22.6 Å². The molecule has 2 N–H and O–H groups in total. The zero-order valence-corrected chi connectivity index (χ0v) is 15.1. The molecule has 0 saturated heterocycles. The quantitative estimate of drug-likeness (QED) is 0.769. The summed E-state index contributed by atoms with van der Waals surface area (Å²) >= 11 is 0. The molecule has 2 heterocycles. The molecule has 0 atom stereocenters. The predicted octanol–water partition coefficient (Wildman–Crippen LogP) is 3.25. The number of pyridine rings is 1. The maximum absolute atomic E-state index is 12.5. The minimum absolute atomic E-state index is 0.134. The summed E-state index contributed by atoms with van der Waals surface area (Å²) in [5.74, 6) is 0.881. The fraction of sp³-hybridized carbons (Fsp3) is 0.316. The number of imidazole rings is 1. The largest absolute Gasteiger partial charge is 0.331 e. The maximum Gasteiger partial charge on any atom is 0.261 e. The Kier molecular flexibility index (Phi) is 4.20. The van der Waals surface area contributed by atoms with Gasteiger partial charge >= 0.3 is 0 Å². The number of nitrogens with one attached hydrogen (secondary N) is 2. The number of H-pyrrole nitrogens is 1. The van der Waals surface area contributed by atoms with E-state index in [-0.39, 0.29) is 11.1 Å². The Balaban J connectivity index is 1.96. The minimum Gasteiger partial charge on any atom is -0.331 e. The smallest absolute Gasteiger partial charge is 0.261 e. The first-order chi connectivity index (χ1) is 11.8. The fourth-order valence-electron chi connectivity index (χ4n) is 3.14. The van der Waals surface area contributed by atoms with E-state index >= 15 is 0 Å². The molecule has 25 heavy (non-hydrogen) atoms. The molecule has 6 nitrogen and oxygen atoms in total. The Morgan fingerprint density at radius 3 is 2.60 bits per heavy atom. The van der Waals surface area contributed by atoms with E-state index in [2.05, 4.69) is 33.7 Å². The van der Waals surface area contributed by atoms with Gasteiger partial charge in [0.05, 0.1) is 11.0 Å². The molecule has 0 saturated carbocycles. The molecule has 0 unspecified atom stereocenters. The number of carbonyl (C=O) groups excluding carboxylic acids is 1. The van der Waals surface area contributed by atoms with Crippen LogP contribution in [0.2, 0.25) is 0 Å². The molecule has 0 aliphatic carbocycles. The molecule has 1 aromatic carbocycles. The summed E-state index contributed by atoms with van der Waals surface area (Å²) in [6, 6.07) is 7.36. The lowest BCUT2D eigenvalue weighted by Gasteiger charge is -2.08. The summed E-state index contributed by atoms with van der Waals surface area (Å²) < 4.78 is 2.06. The van der Waals surface area contributed by atoms with E-state index in [0.29, 0.717) is 17.2 Å². The number of fused-ring (bicyclic) bond motifs is 1. The van der Waals surface area contributed by atoms with E-state index in [1.807, 2.05) is 25.2 Å². The molecule has 0 radical (unpaired) electrons. The van der Waals surface area contributed by atoms with Crippen LogP contribution >= 0.6 is 0 Å². The van der Waals surface area contributed by atoms with Gasteiger partial charge < -0.3 is 14.9 Å². The van der Waals surface area contributed by atoms with Crippen LogP contribution in [0, 0.1) is 13.8 Å². The van der Waals surface area contributed by atoms with Crippen molar-refractivity contribution < 1.29 is 4.79 Å².